The van der Waals surface area contributed by atoms with Gasteiger partial charge in [-0.15, -0.1) is 0 Å². The molecule has 1 atom stereocenters. The highest BCUT2D eigenvalue weighted by molar-refractivity contribution is 5.92. The van der Waals surface area contributed by atoms with E-state index in [0.29, 0.717) is 25.4 Å². The first-order chi connectivity index (χ1) is 11.9. The topological polar surface area (TPSA) is 83.1 Å². The summed E-state index contributed by atoms with van der Waals surface area (Å²) in [7, 11) is 1.83. The number of carbonyl (C=O) groups is 1. The molecular formula is C18H25N5O2. The number of carbonyl (C=O) groups excluding carboxylic acids is 1. The number of aromatic nitrogens is 3. The molecule has 1 aliphatic heterocycles. The second-order valence-electron chi connectivity index (χ2n) is 7.23. The highest BCUT2D eigenvalue weighted by Crippen LogP contribution is 2.24. The predicted octanol–water partition coefficient (Wildman–Crippen LogP) is 2.36. The van der Waals surface area contributed by atoms with E-state index < -0.39 is 0 Å². The number of nitrogens with one attached hydrogen (secondary N) is 2. The Morgan fingerprint density at radius 1 is 1.40 bits per heavy atom. The average Bonchev–Trinajstić information content (AvgIpc) is 3.12. The summed E-state index contributed by atoms with van der Waals surface area (Å²) in [6.07, 6.45) is -0.230. The maximum Gasteiger partial charge on any atom is 0.274 e. The normalized spacial score (nSPS) is 18.2. The molecule has 0 spiro atoms. The van der Waals surface area contributed by atoms with Crippen molar-refractivity contribution < 1.29 is 9.53 Å². The van der Waals surface area contributed by atoms with Crippen molar-refractivity contribution in [2.24, 2.45) is 0 Å². The molecule has 25 heavy (non-hydrogen) atoms. The molecule has 0 unspecified atom stereocenters. The third-order valence-electron chi connectivity index (χ3n) is 4.32. The lowest BCUT2D eigenvalue weighted by Crippen LogP contribution is -2.42. The molecule has 7 nitrogen and oxygen atoms in total. The molecule has 3 rings (SSSR count). The van der Waals surface area contributed by atoms with Gasteiger partial charge in [0.1, 0.15) is 17.6 Å². The fraction of sp³-hybridized carbons (Fsp3) is 0.500. The van der Waals surface area contributed by atoms with Gasteiger partial charge in [-0.3, -0.25) is 9.89 Å². The Kier molecular flexibility index (Phi) is 4.76. The predicted molar refractivity (Wildman–Crippen MR) is 95.7 cm³/mol. The summed E-state index contributed by atoms with van der Waals surface area (Å²) in [4.78, 5) is 19.1. The van der Waals surface area contributed by atoms with Crippen LogP contribution in [0.3, 0.4) is 0 Å². The zero-order valence-electron chi connectivity index (χ0n) is 15.2. The van der Waals surface area contributed by atoms with Crippen LogP contribution in [0.25, 0.3) is 0 Å². The molecule has 2 aromatic rings. The van der Waals surface area contributed by atoms with Crippen molar-refractivity contribution >= 4 is 11.7 Å². The number of hydrogen-bond donors (Lipinski definition) is 2. The number of anilines is 1. The zero-order valence-corrected chi connectivity index (χ0v) is 15.2. The average molecular weight is 343 g/mol. The van der Waals surface area contributed by atoms with E-state index in [1.807, 2.05) is 31.3 Å². The maximum absolute atomic E-state index is 12.8. The Hall–Kier alpha value is -2.41. The molecule has 134 valence electrons. The zero-order chi connectivity index (χ0) is 18.0. The number of aromatic amines is 1. The summed E-state index contributed by atoms with van der Waals surface area (Å²) in [5, 5.41) is 10.2. The molecule has 1 aliphatic rings. The van der Waals surface area contributed by atoms with Crippen LogP contribution in [0.4, 0.5) is 5.82 Å². The van der Waals surface area contributed by atoms with Crippen LogP contribution in [0.2, 0.25) is 0 Å². The van der Waals surface area contributed by atoms with Gasteiger partial charge in [0.15, 0.2) is 0 Å². The van der Waals surface area contributed by atoms with Gasteiger partial charge < -0.3 is 15.0 Å². The van der Waals surface area contributed by atoms with E-state index in [0.717, 1.165) is 17.2 Å². The smallest absolute Gasteiger partial charge is 0.274 e. The minimum Gasteiger partial charge on any atom is -0.373 e. The number of morpholine rings is 1. The Labute approximate surface area is 147 Å². The number of rotatable bonds is 3. The summed E-state index contributed by atoms with van der Waals surface area (Å²) >= 11 is 0. The Balaban J connectivity index is 1.74. The lowest BCUT2D eigenvalue weighted by molar-refractivity contribution is -0.0248. The quantitative estimate of drug-likeness (QED) is 0.894. The first-order valence-electron chi connectivity index (χ1n) is 8.50. The standard InChI is InChI=1S/C18H25N5O2/c1-18(2,3)15-10-13(21-22-15)17(24)23-8-9-25-14(11-23)12-6-5-7-16(19-4)20-12/h5-7,10,14H,8-9,11H2,1-4H3,(H,19,20)(H,21,22)/t14-/m0/s1. The number of nitrogens with zero attached hydrogens (tertiary/aromatic N) is 3. The van der Waals surface area contributed by atoms with E-state index >= 15 is 0 Å². The summed E-state index contributed by atoms with van der Waals surface area (Å²) in [6, 6.07) is 7.59. The van der Waals surface area contributed by atoms with E-state index in [1.54, 1.807) is 4.90 Å². The van der Waals surface area contributed by atoms with Crippen molar-refractivity contribution in [1.29, 1.82) is 0 Å². The van der Waals surface area contributed by atoms with Gasteiger partial charge >= 0.3 is 0 Å². The van der Waals surface area contributed by atoms with Crippen LogP contribution in [-0.4, -0.2) is 52.7 Å². The molecule has 0 aliphatic carbocycles. The van der Waals surface area contributed by atoms with E-state index in [4.69, 9.17) is 4.74 Å². The maximum atomic E-state index is 12.8. The second kappa shape index (κ2) is 6.84. The van der Waals surface area contributed by atoms with Gasteiger partial charge in [-0.25, -0.2) is 4.98 Å². The van der Waals surface area contributed by atoms with Gasteiger partial charge in [-0.2, -0.15) is 5.10 Å². The first-order valence-corrected chi connectivity index (χ1v) is 8.50. The largest absolute Gasteiger partial charge is 0.373 e. The molecule has 3 heterocycles. The van der Waals surface area contributed by atoms with Crippen LogP contribution >= 0.6 is 0 Å². The monoisotopic (exact) mass is 343 g/mol. The Morgan fingerprint density at radius 3 is 2.88 bits per heavy atom. The fourth-order valence-electron chi connectivity index (χ4n) is 2.76. The van der Waals surface area contributed by atoms with Crippen molar-refractivity contribution in [3.05, 3.63) is 41.3 Å². The molecule has 7 heteroatoms. The Morgan fingerprint density at radius 2 is 2.20 bits per heavy atom. The van der Waals surface area contributed by atoms with E-state index in [9.17, 15) is 4.79 Å². The molecule has 1 saturated heterocycles. The van der Waals surface area contributed by atoms with Crippen LogP contribution in [-0.2, 0) is 10.2 Å². The molecule has 1 amide bonds. The van der Waals surface area contributed by atoms with Gasteiger partial charge in [-0.05, 0) is 18.2 Å². The molecule has 0 radical (unpaired) electrons. The molecule has 0 saturated carbocycles. The highest BCUT2D eigenvalue weighted by atomic mass is 16.5. The van der Waals surface area contributed by atoms with Crippen LogP contribution in [0.1, 0.15) is 48.8 Å². The fourth-order valence-corrected chi connectivity index (χ4v) is 2.76. The van der Waals surface area contributed by atoms with Crippen molar-refractivity contribution in [3.8, 4) is 0 Å². The van der Waals surface area contributed by atoms with Crippen molar-refractivity contribution in [3.63, 3.8) is 0 Å². The number of hydrogen-bond acceptors (Lipinski definition) is 5. The van der Waals surface area contributed by atoms with E-state index in [1.165, 1.54) is 0 Å². The summed E-state index contributed by atoms with van der Waals surface area (Å²) in [5.41, 5.74) is 2.14. The minimum atomic E-state index is -0.230. The van der Waals surface area contributed by atoms with E-state index in [-0.39, 0.29) is 17.4 Å². The molecule has 2 aromatic heterocycles. The van der Waals surface area contributed by atoms with Crippen molar-refractivity contribution in [2.75, 3.05) is 32.1 Å². The second-order valence-corrected chi connectivity index (χ2v) is 7.23. The van der Waals surface area contributed by atoms with Crippen LogP contribution in [0, 0.1) is 0 Å². The molecule has 0 aromatic carbocycles. The van der Waals surface area contributed by atoms with Gasteiger partial charge in [0.25, 0.3) is 5.91 Å². The summed E-state index contributed by atoms with van der Waals surface area (Å²) < 4.78 is 5.83. The van der Waals surface area contributed by atoms with Crippen LogP contribution in [0.15, 0.2) is 24.3 Å². The van der Waals surface area contributed by atoms with Gasteiger partial charge in [0.2, 0.25) is 0 Å². The number of H-pyrrole nitrogens is 1. The lowest BCUT2D eigenvalue weighted by atomic mass is 9.92. The van der Waals surface area contributed by atoms with Gasteiger partial charge in [0, 0.05) is 24.7 Å². The molecular weight excluding hydrogens is 318 g/mol. The molecule has 0 bridgehead atoms. The highest BCUT2D eigenvalue weighted by Gasteiger charge is 2.29. The first kappa shape index (κ1) is 17.4. The van der Waals surface area contributed by atoms with Crippen LogP contribution in [0.5, 0.6) is 0 Å². The van der Waals surface area contributed by atoms with Crippen molar-refractivity contribution in [2.45, 2.75) is 32.3 Å². The third-order valence-corrected chi connectivity index (χ3v) is 4.32. The van der Waals surface area contributed by atoms with Gasteiger partial charge in [0.05, 0.1) is 18.8 Å². The number of ether oxygens (including phenoxy) is 1. The lowest BCUT2D eigenvalue weighted by Gasteiger charge is -2.32. The molecule has 1 fully saturated rings. The SMILES string of the molecule is CNc1cccc([C@@H]2CN(C(=O)c3cc(C(C)(C)C)[nH]n3)CCO2)n1. The number of amides is 1. The van der Waals surface area contributed by atoms with E-state index in [2.05, 4.69) is 41.3 Å². The number of pyridine rings is 1. The molecule has 2 N–H and O–H groups in total. The third kappa shape index (κ3) is 3.82. The van der Waals surface area contributed by atoms with Gasteiger partial charge in [-0.1, -0.05) is 26.8 Å². The van der Waals surface area contributed by atoms with Crippen molar-refractivity contribution in [1.82, 2.24) is 20.1 Å². The summed E-state index contributed by atoms with van der Waals surface area (Å²) in [6.45, 7) is 7.76. The summed E-state index contributed by atoms with van der Waals surface area (Å²) in [5.74, 6) is 0.705. The Bertz CT molecular complexity index is 750. The van der Waals surface area contributed by atoms with Crippen LogP contribution < -0.4 is 5.32 Å². The minimum absolute atomic E-state index is 0.0728.